The van der Waals surface area contributed by atoms with Crippen molar-refractivity contribution in [3.05, 3.63) is 81.6 Å². The first-order chi connectivity index (χ1) is 16.5. The van der Waals surface area contributed by atoms with Gasteiger partial charge in [-0.25, -0.2) is 8.78 Å². The summed E-state index contributed by atoms with van der Waals surface area (Å²) in [4.78, 5) is 26.8. The summed E-state index contributed by atoms with van der Waals surface area (Å²) in [6.07, 6.45) is 3.21. The second kappa shape index (κ2) is 9.89. The van der Waals surface area contributed by atoms with Crippen LogP contribution >= 0.6 is 15.9 Å². The number of nitrogens with zero attached hydrogens (tertiary/aromatic N) is 3. The Kier molecular flexibility index (Phi) is 7.07. The van der Waals surface area contributed by atoms with E-state index in [1.165, 1.54) is 0 Å². The normalized spacial score (nSPS) is 14.7. The predicted octanol–water partition coefficient (Wildman–Crippen LogP) is 5.95. The smallest absolute Gasteiger partial charge is 0.276 e. The number of hydrogen-bond acceptors (Lipinski definition) is 3. The summed E-state index contributed by atoms with van der Waals surface area (Å²) in [7, 11) is 0. The molecule has 1 aliphatic heterocycles. The third-order valence-electron chi connectivity index (χ3n) is 6.17. The second-order valence-electron chi connectivity index (χ2n) is 9.71. The number of hydrogen-bond donors (Lipinski definition) is 1. The van der Waals surface area contributed by atoms with Gasteiger partial charge in [-0.15, -0.1) is 0 Å². The molecule has 0 aliphatic carbocycles. The fourth-order valence-corrected chi connectivity index (χ4v) is 4.44. The lowest BCUT2D eigenvalue weighted by atomic mass is 9.89. The van der Waals surface area contributed by atoms with Gasteiger partial charge in [-0.3, -0.25) is 14.3 Å². The summed E-state index contributed by atoms with van der Waals surface area (Å²) in [5.41, 5.74) is 1.67. The number of carbonyl (C=O) groups is 2. The zero-order valence-corrected chi connectivity index (χ0v) is 21.4. The maximum Gasteiger partial charge on any atom is 0.276 e. The Labute approximate surface area is 211 Å². The molecule has 2 aromatic carbocycles. The molecule has 0 bridgehead atoms. The molecule has 4 rings (SSSR count). The molecule has 1 saturated heterocycles. The van der Waals surface area contributed by atoms with Gasteiger partial charge in [0, 0.05) is 25.0 Å². The molecule has 1 aliphatic rings. The summed E-state index contributed by atoms with van der Waals surface area (Å²) >= 11 is 2.93. The van der Waals surface area contributed by atoms with Gasteiger partial charge >= 0.3 is 0 Å². The van der Waals surface area contributed by atoms with Gasteiger partial charge in [0.1, 0.15) is 11.6 Å². The van der Waals surface area contributed by atoms with Crippen LogP contribution in [0.15, 0.2) is 53.1 Å². The Bertz CT molecular complexity index is 1240. The van der Waals surface area contributed by atoms with Crippen LogP contribution in [0.25, 0.3) is 0 Å². The van der Waals surface area contributed by atoms with Gasteiger partial charge in [0.15, 0.2) is 5.69 Å². The van der Waals surface area contributed by atoms with Gasteiger partial charge in [0.2, 0.25) is 0 Å². The first kappa shape index (κ1) is 25.0. The minimum absolute atomic E-state index is 0.00975. The van der Waals surface area contributed by atoms with Crippen molar-refractivity contribution >= 4 is 33.4 Å². The first-order valence-corrected chi connectivity index (χ1v) is 12.2. The number of rotatable bonds is 4. The molecular formula is C26H27BrF2N4O2. The molecule has 0 spiro atoms. The monoisotopic (exact) mass is 544 g/mol. The van der Waals surface area contributed by atoms with Crippen LogP contribution in [0.2, 0.25) is 0 Å². The second-order valence-corrected chi connectivity index (χ2v) is 10.6. The highest BCUT2D eigenvalue weighted by Gasteiger charge is 2.27. The maximum atomic E-state index is 14.2. The molecular weight excluding hydrogens is 518 g/mol. The van der Waals surface area contributed by atoms with E-state index in [0.29, 0.717) is 37.3 Å². The van der Waals surface area contributed by atoms with Gasteiger partial charge in [0.05, 0.1) is 15.6 Å². The van der Waals surface area contributed by atoms with E-state index in [9.17, 15) is 18.4 Å². The van der Waals surface area contributed by atoms with Crippen molar-refractivity contribution in [2.45, 2.75) is 45.1 Å². The highest BCUT2D eigenvalue weighted by atomic mass is 79.9. The van der Waals surface area contributed by atoms with E-state index < -0.39 is 17.5 Å². The summed E-state index contributed by atoms with van der Waals surface area (Å²) in [6.45, 7) is 6.95. The van der Waals surface area contributed by atoms with E-state index in [2.05, 4.69) is 26.3 Å². The fourth-order valence-electron chi connectivity index (χ4n) is 4.13. The molecule has 0 unspecified atom stereocenters. The molecule has 0 atom stereocenters. The number of nitrogens with one attached hydrogen (secondary N) is 1. The molecule has 184 valence electrons. The summed E-state index contributed by atoms with van der Waals surface area (Å²) < 4.78 is 29.7. The fraction of sp³-hybridized carbons (Fsp3) is 0.346. The van der Waals surface area contributed by atoms with E-state index in [0.717, 1.165) is 17.7 Å². The van der Waals surface area contributed by atoms with Crippen LogP contribution in [0, 0.1) is 11.6 Å². The average molecular weight is 545 g/mol. The quantitative estimate of drug-likeness (QED) is 0.412. The minimum atomic E-state index is -0.742. The molecule has 9 heteroatoms. The van der Waals surface area contributed by atoms with Gasteiger partial charge in [0.25, 0.3) is 11.8 Å². The minimum Gasteiger partial charge on any atom is -0.339 e. The molecule has 1 N–H and O–H groups in total. The standard InChI is InChI=1S/C26H27BrF2N4O2/c1-26(2,3)33-13-10-23(31-33)24(34)30-18-6-4-16(5-7-18)17-8-11-32(12-9-17)25(35)19-14-22(29)20(27)15-21(19)28/h4-7,10,13-15,17H,8-9,11-12H2,1-3H3,(H,30,34). The van der Waals surface area contributed by atoms with Crippen LogP contribution in [-0.4, -0.2) is 39.6 Å². The molecule has 1 fully saturated rings. The van der Waals surface area contributed by atoms with E-state index in [1.807, 2.05) is 45.0 Å². The van der Waals surface area contributed by atoms with Crippen molar-refractivity contribution < 1.29 is 18.4 Å². The number of anilines is 1. The average Bonchev–Trinajstić information content (AvgIpc) is 3.33. The number of carbonyl (C=O) groups excluding carboxylic acids is 2. The lowest BCUT2D eigenvalue weighted by Gasteiger charge is -2.32. The Morgan fingerprint density at radius 1 is 1.03 bits per heavy atom. The number of piperidine rings is 1. The molecule has 6 nitrogen and oxygen atoms in total. The number of likely N-dealkylation sites (tertiary alicyclic amines) is 1. The molecule has 0 radical (unpaired) electrons. The molecule has 2 amide bonds. The molecule has 1 aromatic heterocycles. The van der Waals surface area contributed by atoms with Crippen LogP contribution in [-0.2, 0) is 5.54 Å². The topological polar surface area (TPSA) is 67.2 Å². The number of benzene rings is 2. The van der Waals surface area contributed by atoms with E-state index in [-0.39, 0.29) is 27.4 Å². The van der Waals surface area contributed by atoms with Crippen molar-refractivity contribution in [1.29, 1.82) is 0 Å². The van der Waals surface area contributed by atoms with Crippen LogP contribution in [0.5, 0.6) is 0 Å². The lowest BCUT2D eigenvalue weighted by Crippen LogP contribution is -2.38. The van der Waals surface area contributed by atoms with Crippen LogP contribution in [0.1, 0.15) is 65.9 Å². The first-order valence-electron chi connectivity index (χ1n) is 11.4. The Morgan fingerprint density at radius 3 is 2.29 bits per heavy atom. The summed E-state index contributed by atoms with van der Waals surface area (Å²) in [5.74, 6) is -1.95. The maximum absolute atomic E-state index is 14.2. The summed E-state index contributed by atoms with van der Waals surface area (Å²) in [5, 5.41) is 7.22. The largest absolute Gasteiger partial charge is 0.339 e. The highest BCUT2D eigenvalue weighted by molar-refractivity contribution is 9.10. The third-order valence-corrected chi connectivity index (χ3v) is 6.78. The Morgan fingerprint density at radius 2 is 1.69 bits per heavy atom. The third kappa shape index (κ3) is 5.61. The SMILES string of the molecule is CC(C)(C)n1ccc(C(=O)Nc2ccc(C3CCN(C(=O)c4cc(F)c(Br)cc4F)CC3)cc2)n1. The number of halogens is 3. The number of aromatic nitrogens is 2. The van der Waals surface area contributed by atoms with Crippen LogP contribution in [0.3, 0.4) is 0 Å². The molecule has 3 aromatic rings. The van der Waals surface area contributed by atoms with Crippen LogP contribution in [0.4, 0.5) is 14.5 Å². The number of amides is 2. The van der Waals surface area contributed by atoms with E-state index in [1.54, 1.807) is 21.8 Å². The van der Waals surface area contributed by atoms with Crippen molar-refractivity contribution in [3.63, 3.8) is 0 Å². The van der Waals surface area contributed by atoms with Crippen molar-refractivity contribution in [1.82, 2.24) is 14.7 Å². The molecule has 2 heterocycles. The predicted molar refractivity (Wildman–Crippen MR) is 134 cm³/mol. The lowest BCUT2D eigenvalue weighted by molar-refractivity contribution is 0.0707. The van der Waals surface area contributed by atoms with Crippen molar-refractivity contribution in [3.8, 4) is 0 Å². The summed E-state index contributed by atoms with van der Waals surface area (Å²) in [6, 6.07) is 11.3. The molecule has 0 saturated carbocycles. The Balaban J connectivity index is 1.34. The van der Waals surface area contributed by atoms with Gasteiger partial charge < -0.3 is 10.2 Å². The van der Waals surface area contributed by atoms with E-state index in [4.69, 9.17) is 0 Å². The van der Waals surface area contributed by atoms with Gasteiger partial charge in [-0.05, 0) is 91.4 Å². The Hall–Kier alpha value is -3.07. The molecule has 35 heavy (non-hydrogen) atoms. The van der Waals surface area contributed by atoms with Crippen molar-refractivity contribution in [2.75, 3.05) is 18.4 Å². The van der Waals surface area contributed by atoms with Gasteiger partial charge in [-0.2, -0.15) is 5.10 Å². The van der Waals surface area contributed by atoms with Gasteiger partial charge in [-0.1, -0.05) is 12.1 Å². The zero-order chi connectivity index (χ0) is 25.3. The highest BCUT2D eigenvalue weighted by Crippen LogP contribution is 2.30. The zero-order valence-electron chi connectivity index (χ0n) is 19.8. The van der Waals surface area contributed by atoms with E-state index >= 15 is 0 Å². The van der Waals surface area contributed by atoms with Crippen molar-refractivity contribution in [2.24, 2.45) is 0 Å². The van der Waals surface area contributed by atoms with Crippen LogP contribution < -0.4 is 5.32 Å².